The molecule has 0 saturated heterocycles. The lowest BCUT2D eigenvalue weighted by Gasteiger charge is -2.41. The zero-order chi connectivity index (χ0) is 21.6. The number of hydrogen-bond acceptors (Lipinski definition) is 2. The lowest BCUT2D eigenvalue weighted by Crippen LogP contribution is -2.31. The minimum atomic E-state index is -0.0851. The van der Waals surface area contributed by atoms with E-state index in [0.29, 0.717) is 0 Å². The summed E-state index contributed by atoms with van der Waals surface area (Å²) in [5.41, 5.74) is 10.00. The molecule has 5 rings (SSSR count). The Morgan fingerprint density at radius 2 is 1.13 bits per heavy atom. The van der Waals surface area contributed by atoms with Crippen molar-refractivity contribution in [3.8, 4) is 0 Å². The first-order valence-electron chi connectivity index (χ1n) is 10.9. The van der Waals surface area contributed by atoms with Crippen molar-refractivity contribution in [2.24, 2.45) is 0 Å². The Bertz CT molecular complexity index is 1190. The van der Waals surface area contributed by atoms with E-state index < -0.39 is 0 Å². The molecule has 1 aliphatic heterocycles. The van der Waals surface area contributed by atoms with Crippen LogP contribution in [0.5, 0.6) is 0 Å². The fraction of sp³-hybridized carbons (Fsp3) is 0.172. The van der Waals surface area contributed by atoms with Gasteiger partial charge >= 0.3 is 0 Å². The normalized spacial score (nSPS) is 14.0. The standard InChI is InChI=1S/C29H28N2/c1-21-15-17-27-25(19-21)29(2,3)26-20-24(16-18-28(26)30(27)4)31(22-11-7-5-8-12-22)23-13-9-6-10-14-23/h5-20H,1-4H3. The molecular formula is C29H28N2. The summed E-state index contributed by atoms with van der Waals surface area (Å²) in [6, 6.07) is 34.9. The van der Waals surface area contributed by atoms with Crippen LogP contribution >= 0.6 is 0 Å². The minimum absolute atomic E-state index is 0.0851. The van der Waals surface area contributed by atoms with Crippen molar-refractivity contribution >= 4 is 28.4 Å². The molecule has 0 saturated carbocycles. The minimum Gasteiger partial charge on any atom is -0.344 e. The molecule has 31 heavy (non-hydrogen) atoms. The maximum atomic E-state index is 2.37. The van der Waals surface area contributed by atoms with Gasteiger partial charge in [0.05, 0.1) is 0 Å². The molecule has 4 aromatic rings. The first kappa shape index (κ1) is 19.4. The summed E-state index contributed by atoms with van der Waals surface area (Å²) in [4.78, 5) is 4.66. The van der Waals surface area contributed by atoms with E-state index in [1.54, 1.807) is 0 Å². The van der Waals surface area contributed by atoms with E-state index in [0.717, 1.165) is 11.4 Å². The molecule has 0 spiro atoms. The smallest absolute Gasteiger partial charge is 0.0466 e. The van der Waals surface area contributed by atoms with E-state index in [1.165, 1.54) is 33.8 Å². The molecule has 154 valence electrons. The Labute approximate surface area is 185 Å². The molecule has 0 atom stereocenters. The highest BCUT2D eigenvalue weighted by Gasteiger charge is 2.35. The van der Waals surface area contributed by atoms with Crippen molar-refractivity contribution < 1.29 is 0 Å². The van der Waals surface area contributed by atoms with Gasteiger partial charge in [-0.2, -0.15) is 0 Å². The molecule has 2 heteroatoms. The van der Waals surface area contributed by atoms with Gasteiger partial charge in [-0.3, -0.25) is 0 Å². The SMILES string of the molecule is Cc1ccc2c(c1)C(C)(C)c1cc(N(c3ccccc3)c3ccccc3)ccc1N2C. The number of rotatable bonds is 3. The van der Waals surface area contributed by atoms with Gasteiger partial charge in [0.15, 0.2) is 0 Å². The molecule has 2 nitrogen and oxygen atoms in total. The van der Waals surface area contributed by atoms with E-state index in [2.05, 4.69) is 135 Å². The Morgan fingerprint density at radius 3 is 1.71 bits per heavy atom. The maximum absolute atomic E-state index is 2.37. The monoisotopic (exact) mass is 404 g/mol. The Kier molecular flexibility index (Phi) is 4.59. The third-order valence-corrected chi connectivity index (χ3v) is 6.49. The zero-order valence-corrected chi connectivity index (χ0v) is 18.6. The van der Waals surface area contributed by atoms with E-state index in [9.17, 15) is 0 Å². The van der Waals surface area contributed by atoms with E-state index in [4.69, 9.17) is 0 Å². The van der Waals surface area contributed by atoms with Crippen molar-refractivity contribution in [2.45, 2.75) is 26.2 Å². The second-order valence-corrected chi connectivity index (χ2v) is 8.91. The van der Waals surface area contributed by atoms with Crippen molar-refractivity contribution in [1.29, 1.82) is 0 Å². The number of anilines is 5. The summed E-state index contributed by atoms with van der Waals surface area (Å²) in [5, 5.41) is 0. The van der Waals surface area contributed by atoms with Crippen LogP contribution in [0.1, 0.15) is 30.5 Å². The van der Waals surface area contributed by atoms with Crippen LogP contribution in [-0.4, -0.2) is 7.05 Å². The van der Waals surface area contributed by atoms with Crippen LogP contribution in [0, 0.1) is 6.92 Å². The summed E-state index contributed by atoms with van der Waals surface area (Å²) in [6.45, 7) is 6.86. The molecular weight excluding hydrogens is 376 g/mol. The van der Waals surface area contributed by atoms with Gasteiger partial charge in [0.1, 0.15) is 0 Å². The van der Waals surface area contributed by atoms with Crippen molar-refractivity contribution in [1.82, 2.24) is 0 Å². The fourth-order valence-corrected chi connectivity index (χ4v) is 4.78. The Balaban J connectivity index is 1.70. The van der Waals surface area contributed by atoms with Gasteiger partial charge in [-0.15, -0.1) is 0 Å². The van der Waals surface area contributed by atoms with Crippen LogP contribution in [0.4, 0.5) is 28.4 Å². The first-order valence-corrected chi connectivity index (χ1v) is 10.9. The highest BCUT2D eigenvalue weighted by Crippen LogP contribution is 2.50. The summed E-state index contributed by atoms with van der Waals surface area (Å²) in [6.07, 6.45) is 0. The Morgan fingerprint density at radius 1 is 0.613 bits per heavy atom. The average Bonchev–Trinajstić information content (AvgIpc) is 2.79. The summed E-state index contributed by atoms with van der Waals surface area (Å²) < 4.78 is 0. The third-order valence-electron chi connectivity index (χ3n) is 6.49. The lowest BCUT2D eigenvalue weighted by molar-refractivity contribution is 0.629. The molecule has 4 aromatic carbocycles. The number of aryl methyl sites for hydroxylation is 1. The van der Waals surface area contributed by atoms with Crippen molar-refractivity contribution in [3.63, 3.8) is 0 Å². The summed E-state index contributed by atoms with van der Waals surface area (Å²) in [5.74, 6) is 0. The molecule has 0 bridgehead atoms. The predicted molar refractivity (Wildman–Crippen MR) is 132 cm³/mol. The number of fused-ring (bicyclic) bond motifs is 2. The molecule has 0 radical (unpaired) electrons. The highest BCUT2D eigenvalue weighted by molar-refractivity contribution is 5.83. The van der Waals surface area contributed by atoms with Gasteiger partial charge in [0.2, 0.25) is 0 Å². The number of benzene rings is 4. The van der Waals surface area contributed by atoms with Crippen LogP contribution in [0.25, 0.3) is 0 Å². The molecule has 1 heterocycles. The maximum Gasteiger partial charge on any atom is 0.0466 e. The molecule has 1 aliphatic rings. The number of para-hydroxylation sites is 2. The summed E-state index contributed by atoms with van der Waals surface area (Å²) >= 11 is 0. The van der Waals surface area contributed by atoms with E-state index >= 15 is 0 Å². The topological polar surface area (TPSA) is 6.48 Å². The van der Waals surface area contributed by atoms with Crippen LogP contribution in [0.3, 0.4) is 0 Å². The van der Waals surface area contributed by atoms with Crippen molar-refractivity contribution in [2.75, 3.05) is 16.8 Å². The van der Waals surface area contributed by atoms with Gasteiger partial charge < -0.3 is 9.80 Å². The second kappa shape index (κ2) is 7.31. The molecule has 0 fully saturated rings. The molecule has 0 aliphatic carbocycles. The fourth-order valence-electron chi connectivity index (χ4n) is 4.78. The molecule has 0 unspecified atom stereocenters. The van der Waals surface area contributed by atoms with Gasteiger partial charge in [-0.05, 0) is 66.6 Å². The molecule has 0 aromatic heterocycles. The van der Waals surface area contributed by atoms with E-state index in [-0.39, 0.29) is 5.41 Å². The van der Waals surface area contributed by atoms with E-state index in [1.807, 2.05) is 0 Å². The molecule has 0 N–H and O–H groups in total. The van der Waals surface area contributed by atoms with Gasteiger partial charge in [-0.25, -0.2) is 0 Å². The zero-order valence-electron chi connectivity index (χ0n) is 18.6. The molecule has 0 amide bonds. The highest BCUT2D eigenvalue weighted by atomic mass is 15.2. The predicted octanol–water partition coefficient (Wildman–Crippen LogP) is 7.87. The van der Waals surface area contributed by atoms with Crippen LogP contribution in [0.2, 0.25) is 0 Å². The number of nitrogens with zero attached hydrogens (tertiary/aromatic N) is 2. The largest absolute Gasteiger partial charge is 0.344 e. The Hall–Kier alpha value is -3.52. The van der Waals surface area contributed by atoms with Gasteiger partial charge in [0.25, 0.3) is 0 Å². The number of hydrogen-bond donors (Lipinski definition) is 0. The third kappa shape index (κ3) is 3.19. The second-order valence-electron chi connectivity index (χ2n) is 8.91. The first-order chi connectivity index (χ1) is 15.0. The quantitative estimate of drug-likeness (QED) is 0.343. The van der Waals surface area contributed by atoms with Gasteiger partial charge in [0, 0.05) is 40.9 Å². The van der Waals surface area contributed by atoms with Gasteiger partial charge in [-0.1, -0.05) is 67.9 Å². The summed E-state index contributed by atoms with van der Waals surface area (Å²) in [7, 11) is 2.17. The van der Waals surface area contributed by atoms with Crippen LogP contribution < -0.4 is 9.80 Å². The van der Waals surface area contributed by atoms with Crippen molar-refractivity contribution in [3.05, 3.63) is 114 Å². The van der Waals surface area contributed by atoms with Crippen LogP contribution in [0.15, 0.2) is 97.1 Å². The lowest BCUT2D eigenvalue weighted by atomic mass is 9.73. The average molecular weight is 405 g/mol. The van der Waals surface area contributed by atoms with Crippen LogP contribution in [-0.2, 0) is 5.41 Å².